The molecular formula is C26H45NO6S. The number of aliphatic hydroxyl groups excluding tert-OH is 2. The second-order valence-corrected chi connectivity index (χ2v) is 14.1. The number of carbonyl (C=O) groups excluding carboxylic acids is 1. The lowest BCUT2D eigenvalue weighted by molar-refractivity contribution is -0.174. The number of rotatable bonds is 7. The first kappa shape index (κ1) is 26.4. The van der Waals surface area contributed by atoms with Crippen molar-refractivity contribution in [2.75, 3.05) is 12.3 Å². The molecule has 0 spiro atoms. The Bertz CT molecular complexity index is 863. The van der Waals surface area contributed by atoms with Crippen molar-refractivity contribution in [1.82, 2.24) is 5.32 Å². The molecule has 4 saturated carbocycles. The lowest BCUT2D eigenvalue weighted by Crippen LogP contribution is -2.58. The van der Waals surface area contributed by atoms with E-state index in [-0.39, 0.29) is 35.5 Å². The number of hydrogen-bond donors (Lipinski definition) is 4. The number of hydrogen-bond acceptors (Lipinski definition) is 5. The maximum absolute atomic E-state index is 12.2. The molecule has 5 unspecified atom stereocenters. The van der Waals surface area contributed by atoms with Crippen molar-refractivity contribution in [2.24, 2.45) is 46.3 Å². The third kappa shape index (κ3) is 4.81. The Kier molecular flexibility index (Phi) is 7.47. The third-order valence-electron chi connectivity index (χ3n) is 11.0. The molecule has 4 N–H and O–H groups in total. The predicted molar refractivity (Wildman–Crippen MR) is 130 cm³/mol. The van der Waals surface area contributed by atoms with Gasteiger partial charge < -0.3 is 15.5 Å². The summed E-state index contributed by atoms with van der Waals surface area (Å²) >= 11 is 0. The van der Waals surface area contributed by atoms with Crippen LogP contribution in [0.3, 0.4) is 0 Å². The van der Waals surface area contributed by atoms with Gasteiger partial charge in [-0.15, -0.1) is 0 Å². The second kappa shape index (κ2) is 9.64. The Morgan fingerprint density at radius 2 is 1.79 bits per heavy atom. The van der Waals surface area contributed by atoms with E-state index in [9.17, 15) is 23.4 Å². The Balaban J connectivity index is 1.40. The molecule has 4 aliphatic carbocycles. The molecule has 4 rings (SSSR count). The van der Waals surface area contributed by atoms with Gasteiger partial charge in [0.2, 0.25) is 5.91 Å². The highest BCUT2D eigenvalue weighted by atomic mass is 32.2. The number of nitrogens with one attached hydrogen (secondary N) is 1. The van der Waals surface area contributed by atoms with E-state index in [0.29, 0.717) is 48.3 Å². The largest absolute Gasteiger partial charge is 0.393 e. The van der Waals surface area contributed by atoms with Crippen LogP contribution in [0.2, 0.25) is 0 Å². The van der Waals surface area contributed by atoms with Crippen LogP contribution in [0, 0.1) is 46.3 Å². The van der Waals surface area contributed by atoms with Crippen molar-refractivity contribution in [2.45, 2.75) is 97.2 Å². The van der Waals surface area contributed by atoms with Crippen molar-refractivity contribution in [1.29, 1.82) is 0 Å². The topological polar surface area (TPSA) is 124 Å². The smallest absolute Gasteiger partial charge is 0.266 e. The zero-order valence-electron chi connectivity index (χ0n) is 21.1. The number of amides is 1. The highest BCUT2D eigenvalue weighted by Crippen LogP contribution is 2.68. The zero-order chi connectivity index (χ0) is 24.9. The van der Waals surface area contributed by atoms with Gasteiger partial charge in [-0.3, -0.25) is 9.35 Å². The van der Waals surface area contributed by atoms with Crippen LogP contribution in [-0.4, -0.2) is 53.6 Å². The van der Waals surface area contributed by atoms with Gasteiger partial charge in [0.25, 0.3) is 10.1 Å². The summed E-state index contributed by atoms with van der Waals surface area (Å²) < 4.78 is 30.5. The number of carbonyl (C=O) groups is 1. The van der Waals surface area contributed by atoms with Crippen LogP contribution in [0.5, 0.6) is 0 Å². The standard InChI is InChI=1S/C26H45NO6S/c1-16(4-9-24(30)27-12-13-34(31,32)33)20-7-8-21-19-6-5-17-14-18(28)10-11-25(17,2)22(19)15-23(29)26(20,21)3/h16-23,28-29H,4-15H2,1-3H3,(H,27,30)(H,31,32,33)/t16-,17?,18-,19?,20?,21?,22?,23+,25+,26-/m1/s1. The molecule has 0 bridgehead atoms. The molecule has 4 aliphatic rings. The predicted octanol–water partition coefficient (Wildman–Crippen LogP) is 3.40. The van der Waals surface area contributed by atoms with Crippen molar-refractivity contribution >= 4 is 16.0 Å². The van der Waals surface area contributed by atoms with Crippen molar-refractivity contribution in [3.8, 4) is 0 Å². The Hall–Kier alpha value is -0.700. The van der Waals surface area contributed by atoms with Gasteiger partial charge in [0, 0.05) is 13.0 Å². The average molecular weight is 500 g/mol. The first-order valence-corrected chi connectivity index (χ1v) is 15.0. The van der Waals surface area contributed by atoms with E-state index >= 15 is 0 Å². The first-order valence-electron chi connectivity index (χ1n) is 13.4. The monoisotopic (exact) mass is 499 g/mol. The fraction of sp³-hybridized carbons (Fsp3) is 0.962. The molecule has 0 aromatic rings. The van der Waals surface area contributed by atoms with Gasteiger partial charge in [-0.1, -0.05) is 20.8 Å². The van der Waals surface area contributed by atoms with E-state index in [0.717, 1.165) is 38.5 Å². The molecule has 0 saturated heterocycles. The van der Waals surface area contributed by atoms with E-state index in [2.05, 4.69) is 26.1 Å². The lowest BCUT2D eigenvalue weighted by Gasteiger charge is -2.62. The molecule has 196 valence electrons. The van der Waals surface area contributed by atoms with E-state index in [1.54, 1.807) is 0 Å². The quantitative estimate of drug-likeness (QED) is 0.398. The molecule has 10 atom stereocenters. The van der Waals surface area contributed by atoms with E-state index < -0.39 is 15.9 Å². The third-order valence-corrected chi connectivity index (χ3v) is 11.7. The van der Waals surface area contributed by atoms with Gasteiger partial charge in [0.1, 0.15) is 0 Å². The minimum Gasteiger partial charge on any atom is -0.393 e. The Morgan fingerprint density at radius 1 is 1.06 bits per heavy atom. The van der Waals surface area contributed by atoms with Crippen molar-refractivity contribution in [3.63, 3.8) is 0 Å². The van der Waals surface area contributed by atoms with Crippen molar-refractivity contribution < 1.29 is 28.0 Å². The van der Waals surface area contributed by atoms with Crippen LogP contribution in [-0.2, 0) is 14.9 Å². The van der Waals surface area contributed by atoms with E-state index in [1.807, 2.05) is 0 Å². The SMILES string of the molecule is C[C@H](CCC(=O)NCCS(=O)(=O)O)C1CCC2C3CCC4C[C@H](O)CC[C@]4(C)C3C[C@H](O)[C@@]21C. The summed E-state index contributed by atoms with van der Waals surface area (Å²) in [5.41, 5.74) is 0.105. The summed E-state index contributed by atoms with van der Waals surface area (Å²) in [7, 11) is -4.07. The molecule has 8 heteroatoms. The molecular weight excluding hydrogens is 454 g/mol. The summed E-state index contributed by atoms with van der Waals surface area (Å²) in [4.78, 5) is 12.2. The summed E-state index contributed by atoms with van der Waals surface area (Å²) in [5.74, 6) is 2.28. The van der Waals surface area contributed by atoms with Crippen molar-refractivity contribution in [3.05, 3.63) is 0 Å². The maximum Gasteiger partial charge on any atom is 0.266 e. The maximum atomic E-state index is 12.2. The van der Waals surface area contributed by atoms with Gasteiger partial charge in [0.15, 0.2) is 0 Å². The molecule has 4 fully saturated rings. The summed E-state index contributed by atoms with van der Waals surface area (Å²) in [6.45, 7) is 6.86. The highest BCUT2D eigenvalue weighted by molar-refractivity contribution is 7.85. The summed E-state index contributed by atoms with van der Waals surface area (Å²) in [6.07, 6.45) is 8.93. The van der Waals surface area contributed by atoms with Gasteiger partial charge in [-0.2, -0.15) is 8.42 Å². The molecule has 7 nitrogen and oxygen atoms in total. The molecule has 1 amide bonds. The van der Waals surface area contributed by atoms with Crippen LogP contribution >= 0.6 is 0 Å². The molecule has 0 aliphatic heterocycles. The van der Waals surface area contributed by atoms with Crippen LogP contribution in [0.25, 0.3) is 0 Å². The molecule has 0 radical (unpaired) electrons. The van der Waals surface area contributed by atoms with Crippen LogP contribution in [0.1, 0.15) is 85.0 Å². The van der Waals surface area contributed by atoms with Crippen LogP contribution in [0.4, 0.5) is 0 Å². The van der Waals surface area contributed by atoms with E-state index in [4.69, 9.17) is 4.55 Å². The van der Waals surface area contributed by atoms with Gasteiger partial charge in [0.05, 0.1) is 18.0 Å². The highest BCUT2D eigenvalue weighted by Gasteiger charge is 2.63. The van der Waals surface area contributed by atoms with E-state index in [1.165, 1.54) is 12.8 Å². The Labute approximate surface area is 205 Å². The fourth-order valence-corrected chi connectivity index (χ4v) is 9.49. The minimum atomic E-state index is -4.07. The van der Waals surface area contributed by atoms with Crippen LogP contribution in [0.15, 0.2) is 0 Å². The first-order chi connectivity index (χ1) is 15.9. The van der Waals surface area contributed by atoms with Gasteiger partial charge >= 0.3 is 0 Å². The molecule has 0 heterocycles. The van der Waals surface area contributed by atoms with Gasteiger partial charge in [-0.25, -0.2) is 0 Å². The molecule has 0 aromatic carbocycles. The zero-order valence-corrected chi connectivity index (χ0v) is 21.9. The summed E-state index contributed by atoms with van der Waals surface area (Å²) in [5, 5.41) is 24.5. The minimum absolute atomic E-state index is 0.0756. The Morgan fingerprint density at radius 3 is 2.50 bits per heavy atom. The second-order valence-electron chi connectivity index (χ2n) is 12.5. The molecule has 34 heavy (non-hydrogen) atoms. The van der Waals surface area contributed by atoms with Crippen LogP contribution < -0.4 is 5.32 Å². The number of fused-ring (bicyclic) bond motifs is 5. The summed E-state index contributed by atoms with van der Waals surface area (Å²) in [6, 6.07) is 0. The average Bonchev–Trinajstić information content (AvgIpc) is 3.11. The lowest BCUT2D eigenvalue weighted by atomic mass is 9.43. The van der Waals surface area contributed by atoms with Gasteiger partial charge in [-0.05, 0) is 104 Å². The normalized spacial score (nSPS) is 45.1. The number of aliphatic hydroxyl groups is 2. The molecule has 0 aromatic heterocycles. The fourth-order valence-electron chi connectivity index (χ4n) is 9.13.